The number of alkyl halides is 1. The summed E-state index contributed by atoms with van der Waals surface area (Å²) < 4.78 is 26.5. The summed E-state index contributed by atoms with van der Waals surface area (Å²) in [5.41, 5.74) is 0. The van der Waals surface area contributed by atoms with E-state index in [-0.39, 0.29) is 30.2 Å². The van der Waals surface area contributed by atoms with Gasteiger partial charge in [-0.2, -0.15) is 0 Å². The molecule has 1 aliphatic carbocycles. The van der Waals surface area contributed by atoms with Crippen LogP contribution in [0.2, 0.25) is 0 Å². The highest BCUT2D eigenvalue weighted by molar-refractivity contribution is 7.89. The molecule has 0 aliphatic heterocycles. The quantitative estimate of drug-likeness (QED) is 0.723. The van der Waals surface area contributed by atoms with E-state index in [9.17, 15) is 13.5 Å². The van der Waals surface area contributed by atoms with Crippen molar-refractivity contribution in [1.29, 1.82) is 0 Å². The molecule has 0 aromatic heterocycles. The van der Waals surface area contributed by atoms with Gasteiger partial charge in [0.05, 0.1) is 5.75 Å². The van der Waals surface area contributed by atoms with Crippen molar-refractivity contribution in [1.82, 2.24) is 4.72 Å². The lowest BCUT2D eigenvalue weighted by Gasteiger charge is -2.30. The Bertz CT molecular complexity index is 321. The predicted molar refractivity (Wildman–Crippen MR) is 69.6 cm³/mol. The maximum Gasteiger partial charge on any atom is 0.212 e. The van der Waals surface area contributed by atoms with E-state index in [1.54, 1.807) is 0 Å². The Hall–Kier alpha value is 0.160. The molecule has 1 saturated carbocycles. The molecule has 1 rings (SSSR count). The van der Waals surface area contributed by atoms with Gasteiger partial charge in [-0.3, -0.25) is 0 Å². The van der Waals surface area contributed by atoms with Gasteiger partial charge in [0.25, 0.3) is 0 Å². The minimum atomic E-state index is -3.28. The Kier molecular flexibility index (Phi) is 6.20. The van der Waals surface area contributed by atoms with E-state index in [0.717, 1.165) is 25.7 Å². The molecule has 0 radical (unpaired) electrons. The van der Waals surface area contributed by atoms with E-state index >= 15 is 0 Å². The van der Waals surface area contributed by atoms with E-state index in [1.165, 1.54) is 0 Å². The standard InChI is InChI=1S/C11H22ClNO3S/c1-9(6-12)8-17(15,16)13-11-5-3-2-4-10(11)7-14/h9-11,13-14H,2-8H2,1H3. The first kappa shape index (κ1) is 15.2. The molecule has 3 unspecified atom stereocenters. The van der Waals surface area contributed by atoms with E-state index in [1.807, 2.05) is 6.92 Å². The molecule has 0 saturated heterocycles. The lowest BCUT2D eigenvalue weighted by molar-refractivity contribution is 0.164. The van der Waals surface area contributed by atoms with E-state index in [4.69, 9.17) is 11.6 Å². The van der Waals surface area contributed by atoms with Gasteiger partial charge in [0.15, 0.2) is 0 Å². The second-order valence-corrected chi connectivity index (χ2v) is 7.10. The Labute approximate surface area is 109 Å². The number of aliphatic hydroxyl groups excluding tert-OH is 1. The number of halogens is 1. The topological polar surface area (TPSA) is 66.4 Å². The molecule has 0 bridgehead atoms. The van der Waals surface area contributed by atoms with Gasteiger partial charge in [0, 0.05) is 18.5 Å². The summed E-state index contributed by atoms with van der Waals surface area (Å²) in [6.07, 6.45) is 3.81. The van der Waals surface area contributed by atoms with E-state index < -0.39 is 10.0 Å². The van der Waals surface area contributed by atoms with Crippen LogP contribution in [0.25, 0.3) is 0 Å². The van der Waals surface area contributed by atoms with Crippen molar-refractivity contribution in [3.63, 3.8) is 0 Å². The Morgan fingerprint density at radius 1 is 1.41 bits per heavy atom. The highest BCUT2D eigenvalue weighted by Crippen LogP contribution is 2.24. The SMILES string of the molecule is CC(CCl)CS(=O)(=O)NC1CCCCC1CO. The first-order valence-corrected chi connectivity index (χ1v) is 8.34. The zero-order chi connectivity index (χ0) is 12.9. The van der Waals surface area contributed by atoms with Crippen molar-refractivity contribution < 1.29 is 13.5 Å². The Morgan fingerprint density at radius 2 is 2.06 bits per heavy atom. The van der Waals surface area contributed by atoms with Gasteiger partial charge in [0.2, 0.25) is 10.0 Å². The lowest BCUT2D eigenvalue weighted by Crippen LogP contribution is -2.45. The highest BCUT2D eigenvalue weighted by Gasteiger charge is 2.28. The monoisotopic (exact) mass is 283 g/mol. The van der Waals surface area contributed by atoms with Gasteiger partial charge in [-0.25, -0.2) is 13.1 Å². The molecular formula is C11H22ClNO3S. The van der Waals surface area contributed by atoms with Gasteiger partial charge in [-0.15, -0.1) is 11.6 Å². The third-order valence-corrected chi connectivity index (χ3v) is 5.44. The van der Waals surface area contributed by atoms with Crippen molar-refractivity contribution in [2.45, 2.75) is 38.6 Å². The fraction of sp³-hybridized carbons (Fsp3) is 1.00. The smallest absolute Gasteiger partial charge is 0.212 e. The molecule has 102 valence electrons. The van der Waals surface area contributed by atoms with Crippen molar-refractivity contribution >= 4 is 21.6 Å². The van der Waals surface area contributed by atoms with Crippen LogP contribution in [0.5, 0.6) is 0 Å². The average molecular weight is 284 g/mol. The molecular weight excluding hydrogens is 262 g/mol. The normalized spacial score (nSPS) is 27.9. The number of aliphatic hydroxyl groups is 1. The van der Waals surface area contributed by atoms with Crippen molar-refractivity contribution in [2.24, 2.45) is 11.8 Å². The average Bonchev–Trinajstić information content (AvgIpc) is 2.28. The molecule has 0 aromatic carbocycles. The summed E-state index contributed by atoms with van der Waals surface area (Å²) in [5.74, 6) is 0.412. The Balaban J connectivity index is 2.56. The largest absolute Gasteiger partial charge is 0.396 e. The molecule has 1 aliphatic rings. The van der Waals surface area contributed by atoms with Crippen LogP contribution in [0.4, 0.5) is 0 Å². The highest BCUT2D eigenvalue weighted by atomic mass is 35.5. The van der Waals surface area contributed by atoms with E-state index in [2.05, 4.69) is 4.72 Å². The number of hydrogen-bond acceptors (Lipinski definition) is 3. The fourth-order valence-electron chi connectivity index (χ4n) is 2.28. The van der Waals surface area contributed by atoms with Crippen LogP contribution in [0.15, 0.2) is 0 Å². The third kappa shape index (κ3) is 5.12. The molecule has 3 atom stereocenters. The molecule has 0 spiro atoms. The molecule has 17 heavy (non-hydrogen) atoms. The third-order valence-electron chi connectivity index (χ3n) is 3.24. The molecule has 0 heterocycles. The maximum atomic E-state index is 11.9. The molecule has 6 heteroatoms. The zero-order valence-corrected chi connectivity index (χ0v) is 11.8. The minimum Gasteiger partial charge on any atom is -0.396 e. The van der Waals surface area contributed by atoms with Crippen LogP contribution >= 0.6 is 11.6 Å². The summed E-state index contributed by atoms with van der Waals surface area (Å²) in [7, 11) is -3.28. The van der Waals surface area contributed by atoms with Crippen LogP contribution in [0.1, 0.15) is 32.6 Å². The van der Waals surface area contributed by atoms with Crippen LogP contribution in [0.3, 0.4) is 0 Å². The molecule has 0 aromatic rings. The fourth-order valence-corrected chi connectivity index (χ4v) is 4.25. The summed E-state index contributed by atoms with van der Waals surface area (Å²) in [6, 6.07) is -0.110. The summed E-state index contributed by atoms with van der Waals surface area (Å²) in [4.78, 5) is 0. The number of nitrogens with one attached hydrogen (secondary N) is 1. The number of rotatable bonds is 6. The van der Waals surface area contributed by atoms with Gasteiger partial charge in [-0.05, 0) is 24.7 Å². The lowest BCUT2D eigenvalue weighted by atomic mass is 9.86. The Morgan fingerprint density at radius 3 is 2.65 bits per heavy atom. The summed E-state index contributed by atoms with van der Waals surface area (Å²) >= 11 is 5.62. The van der Waals surface area contributed by atoms with Gasteiger partial charge in [-0.1, -0.05) is 19.8 Å². The second kappa shape index (κ2) is 6.92. The van der Waals surface area contributed by atoms with E-state index in [0.29, 0.717) is 5.88 Å². The number of hydrogen-bond donors (Lipinski definition) is 2. The number of sulfonamides is 1. The molecule has 2 N–H and O–H groups in total. The first-order chi connectivity index (χ1) is 7.98. The van der Waals surface area contributed by atoms with Crippen LogP contribution in [-0.2, 0) is 10.0 Å². The van der Waals surface area contributed by atoms with Gasteiger partial charge < -0.3 is 5.11 Å². The minimum absolute atomic E-state index is 0.0506. The van der Waals surface area contributed by atoms with Crippen molar-refractivity contribution in [3.05, 3.63) is 0 Å². The second-order valence-electron chi connectivity index (χ2n) is 4.99. The zero-order valence-electron chi connectivity index (χ0n) is 10.2. The van der Waals surface area contributed by atoms with Gasteiger partial charge >= 0.3 is 0 Å². The maximum absolute atomic E-state index is 11.9. The van der Waals surface area contributed by atoms with Crippen molar-refractivity contribution in [2.75, 3.05) is 18.2 Å². The van der Waals surface area contributed by atoms with Crippen LogP contribution in [-0.4, -0.2) is 37.8 Å². The predicted octanol–water partition coefficient (Wildman–Crippen LogP) is 1.33. The molecule has 1 fully saturated rings. The summed E-state index contributed by atoms with van der Waals surface area (Å²) in [5, 5.41) is 9.23. The molecule has 0 amide bonds. The van der Waals surface area contributed by atoms with Gasteiger partial charge in [0.1, 0.15) is 0 Å². The first-order valence-electron chi connectivity index (χ1n) is 6.15. The summed E-state index contributed by atoms with van der Waals surface area (Å²) in [6.45, 7) is 1.87. The molecule has 4 nitrogen and oxygen atoms in total. The van der Waals surface area contributed by atoms with Crippen molar-refractivity contribution in [3.8, 4) is 0 Å². The van der Waals surface area contributed by atoms with Crippen LogP contribution < -0.4 is 4.72 Å². The van der Waals surface area contributed by atoms with Crippen LogP contribution in [0, 0.1) is 11.8 Å².